The molecule has 1 aliphatic heterocycles. The van der Waals surface area contributed by atoms with Crippen LogP contribution in [0, 0.1) is 5.41 Å². The summed E-state index contributed by atoms with van der Waals surface area (Å²) in [4.78, 5) is 12.6. The minimum absolute atomic E-state index is 0.0833. The highest BCUT2D eigenvalue weighted by Crippen LogP contribution is 2.38. The fraction of sp³-hybridized carbons (Fsp3) is 0.231. The lowest BCUT2D eigenvalue weighted by molar-refractivity contribution is 0.0408. The van der Waals surface area contributed by atoms with Crippen molar-refractivity contribution in [2.24, 2.45) is 10.5 Å². The highest BCUT2D eigenvalue weighted by Gasteiger charge is 2.41. The van der Waals surface area contributed by atoms with Gasteiger partial charge < -0.3 is 4.74 Å². The molecule has 0 radical (unpaired) electrons. The highest BCUT2D eigenvalue weighted by atomic mass is 16.5. The van der Waals surface area contributed by atoms with Crippen LogP contribution in [0.4, 0.5) is 5.69 Å². The molecule has 152 valence electrons. The minimum atomic E-state index is -0.308. The molecular formula is C26H26N2O2. The molecule has 1 unspecified atom stereocenters. The highest BCUT2D eigenvalue weighted by molar-refractivity contribution is 6.02. The van der Waals surface area contributed by atoms with Crippen molar-refractivity contribution in [3.8, 4) is 0 Å². The van der Waals surface area contributed by atoms with E-state index >= 15 is 0 Å². The van der Waals surface area contributed by atoms with Gasteiger partial charge in [0.1, 0.15) is 6.61 Å². The summed E-state index contributed by atoms with van der Waals surface area (Å²) in [6.07, 6.45) is 0.800. The average molecular weight is 399 g/mol. The lowest BCUT2D eigenvalue weighted by atomic mass is 9.77. The van der Waals surface area contributed by atoms with E-state index in [2.05, 4.69) is 26.0 Å². The summed E-state index contributed by atoms with van der Waals surface area (Å²) in [5.74, 6) is -0.308. The van der Waals surface area contributed by atoms with E-state index in [4.69, 9.17) is 9.84 Å². The van der Waals surface area contributed by atoms with Crippen LogP contribution in [-0.2, 0) is 4.74 Å². The van der Waals surface area contributed by atoms with Crippen LogP contribution in [0.15, 0.2) is 96.1 Å². The van der Waals surface area contributed by atoms with E-state index in [9.17, 15) is 4.79 Å². The van der Waals surface area contributed by atoms with E-state index in [-0.39, 0.29) is 24.0 Å². The Bertz CT molecular complexity index is 1010. The molecule has 1 heterocycles. The Labute approximate surface area is 177 Å². The van der Waals surface area contributed by atoms with Crippen molar-refractivity contribution in [1.29, 1.82) is 0 Å². The van der Waals surface area contributed by atoms with Crippen LogP contribution in [0.3, 0.4) is 0 Å². The predicted octanol–water partition coefficient (Wildman–Crippen LogP) is 5.55. The SMILES string of the molecule is CC1(C)CC(c2ccccc2)=NN(c2ccccc2)C1COC(=O)c1ccccc1. The number of hydrogen-bond donors (Lipinski definition) is 0. The molecule has 30 heavy (non-hydrogen) atoms. The van der Waals surface area contributed by atoms with Crippen LogP contribution in [0.2, 0.25) is 0 Å². The predicted molar refractivity (Wildman–Crippen MR) is 121 cm³/mol. The third-order valence-corrected chi connectivity index (χ3v) is 5.56. The van der Waals surface area contributed by atoms with Gasteiger partial charge >= 0.3 is 5.97 Å². The Hall–Kier alpha value is -3.40. The number of carbonyl (C=O) groups is 1. The van der Waals surface area contributed by atoms with Crippen LogP contribution in [-0.4, -0.2) is 24.3 Å². The number of hydrogen-bond acceptors (Lipinski definition) is 4. The van der Waals surface area contributed by atoms with Crippen LogP contribution < -0.4 is 5.01 Å². The lowest BCUT2D eigenvalue weighted by Gasteiger charge is -2.44. The number of carbonyl (C=O) groups excluding carboxylic acids is 1. The number of para-hydroxylation sites is 1. The first-order valence-corrected chi connectivity index (χ1v) is 10.2. The van der Waals surface area contributed by atoms with Crippen molar-refractivity contribution < 1.29 is 9.53 Å². The Morgan fingerprint density at radius 2 is 1.50 bits per heavy atom. The number of esters is 1. The van der Waals surface area contributed by atoms with Gasteiger partial charge in [0.15, 0.2) is 0 Å². The van der Waals surface area contributed by atoms with Crippen molar-refractivity contribution in [3.05, 3.63) is 102 Å². The fourth-order valence-corrected chi connectivity index (χ4v) is 3.83. The molecule has 4 nitrogen and oxygen atoms in total. The maximum Gasteiger partial charge on any atom is 0.338 e. The molecule has 0 fully saturated rings. The van der Waals surface area contributed by atoms with Crippen molar-refractivity contribution in [1.82, 2.24) is 0 Å². The van der Waals surface area contributed by atoms with Crippen molar-refractivity contribution in [2.75, 3.05) is 11.6 Å². The topological polar surface area (TPSA) is 41.9 Å². The second kappa shape index (κ2) is 8.54. The number of rotatable bonds is 5. The molecule has 0 saturated heterocycles. The fourth-order valence-electron chi connectivity index (χ4n) is 3.83. The summed E-state index contributed by atoms with van der Waals surface area (Å²) in [5, 5.41) is 7.03. The molecule has 0 saturated carbocycles. The van der Waals surface area contributed by atoms with E-state index in [0.29, 0.717) is 5.56 Å². The first kappa shape index (κ1) is 19.9. The quantitative estimate of drug-likeness (QED) is 0.529. The summed E-state index contributed by atoms with van der Waals surface area (Å²) >= 11 is 0. The van der Waals surface area contributed by atoms with Gasteiger partial charge in [-0.05, 0) is 41.7 Å². The standard InChI is InChI=1S/C26H26N2O2/c1-26(2)18-23(20-12-6-3-7-13-20)27-28(22-16-10-5-11-17-22)24(26)19-30-25(29)21-14-8-4-9-15-21/h3-17,24H,18-19H2,1-2H3. The largest absolute Gasteiger partial charge is 0.460 e. The Balaban J connectivity index is 1.65. The first-order valence-electron chi connectivity index (χ1n) is 10.2. The number of ether oxygens (including phenoxy) is 1. The number of benzene rings is 3. The smallest absolute Gasteiger partial charge is 0.338 e. The van der Waals surface area contributed by atoms with Gasteiger partial charge in [0, 0.05) is 0 Å². The van der Waals surface area contributed by atoms with E-state index < -0.39 is 0 Å². The van der Waals surface area contributed by atoms with Crippen LogP contribution in [0.5, 0.6) is 0 Å². The number of nitrogens with zero attached hydrogens (tertiary/aromatic N) is 2. The van der Waals surface area contributed by atoms with Crippen molar-refractivity contribution in [3.63, 3.8) is 0 Å². The molecule has 3 aromatic carbocycles. The summed E-state index contributed by atoms with van der Waals surface area (Å²) in [6, 6.07) is 29.4. The molecular weight excluding hydrogens is 372 g/mol. The van der Waals surface area contributed by atoms with Crippen molar-refractivity contribution >= 4 is 17.4 Å². The third kappa shape index (κ3) is 4.28. The summed E-state index contributed by atoms with van der Waals surface area (Å²) in [7, 11) is 0. The number of hydrazone groups is 1. The molecule has 1 atom stereocenters. The summed E-state index contributed by atoms with van der Waals surface area (Å²) in [5.41, 5.74) is 3.55. The Morgan fingerprint density at radius 3 is 2.13 bits per heavy atom. The number of anilines is 1. The molecule has 0 spiro atoms. The molecule has 4 heteroatoms. The van der Waals surface area contributed by atoms with Crippen LogP contribution in [0.25, 0.3) is 0 Å². The van der Waals surface area contributed by atoms with Gasteiger partial charge in [-0.2, -0.15) is 5.10 Å². The molecule has 0 aromatic heterocycles. The maximum absolute atomic E-state index is 12.6. The van der Waals surface area contributed by atoms with Gasteiger partial charge in [0.05, 0.1) is 23.0 Å². The summed E-state index contributed by atoms with van der Waals surface area (Å²) < 4.78 is 5.75. The van der Waals surface area contributed by atoms with Gasteiger partial charge in [-0.1, -0.05) is 80.6 Å². The van der Waals surface area contributed by atoms with Crippen molar-refractivity contribution in [2.45, 2.75) is 26.3 Å². The van der Waals surface area contributed by atoms with E-state index in [1.165, 1.54) is 0 Å². The van der Waals surface area contributed by atoms with E-state index in [1.54, 1.807) is 12.1 Å². The maximum atomic E-state index is 12.6. The monoisotopic (exact) mass is 398 g/mol. The Morgan fingerprint density at radius 1 is 0.933 bits per heavy atom. The second-order valence-corrected chi connectivity index (χ2v) is 8.24. The van der Waals surface area contributed by atoms with Crippen LogP contribution in [0.1, 0.15) is 36.2 Å². The zero-order valence-electron chi connectivity index (χ0n) is 17.4. The normalized spacial score (nSPS) is 17.9. The van der Waals surface area contributed by atoms with Crippen LogP contribution >= 0.6 is 0 Å². The summed E-state index contributed by atoms with van der Waals surface area (Å²) in [6.45, 7) is 4.68. The zero-order chi connectivity index (χ0) is 21.0. The first-order chi connectivity index (χ1) is 14.5. The minimum Gasteiger partial charge on any atom is -0.460 e. The van der Waals surface area contributed by atoms with Gasteiger partial charge in [-0.15, -0.1) is 0 Å². The third-order valence-electron chi connectivity index (χ3n) is 5.56. The van der Waals surface area contributed by atoms with E-state index in [1.807, 2.05) is 71.7 Å². The average Bonchev–Trinajstić information content (AvgIpc) is 2.79. The van der Waals surface area contributed by atoms with E-state index in [0.717, 1.165) is 23.4 Å². The zero-order valence-corrected chi connectivity index (χ0v) is 17.4. The molecule has 0 aliphatic carbocycles. The lowest BCUT2D eigenvalue weighted by Crippen LogP contribution is -2.51. The molecule has 0 bridgehead atoms. The molecule has 4 rings (SSSR count). The van der Waals surface area contributed by atoms with Gasteiger partial charge in [-0.3, -0.25) is 5.01 Å². The molecule has 1 aliphatic rings. The van der Waals surface area contributed by atoms with Gasteiger partial charge in [0.2, 0.25) is 0 Å². The molecule has 0 amide bonds. The molecule has 0 N–H and O–H groups in total. The van der Waals surface area contributed by atoms with Gasteiger partial charge in [-0.25, -0.2) is 4.79 Å². The Kier molecular flexibility index (Phi) is 5.66. The van der Waals surface area contributed by atoms with Gasteiger partial charge in [0.25, 0.3) is 0 Å². The molecule has 3 aromatic rings. The second-order valence-electron chi connectivity index (χ2n) is 8.24.